The van der Waals surface area contributed by atoms with Gasteiger partial charge in [-0.15, -0.1) is 0 Å². The molecule has 0 saturated carbocycles. The summed E-state index contributed by atoms with van der Waals surface area (Å²) >= 11 is 3.04. The molecule has 2 heterocycles. The standard InChI is InChI=1S/C10H13BrN2O3S/c11-8-6-12-7-9(10(8)14)17(15,16)13-4-2-1-3-5-13/h6-7H,1-5H2,(H,12,14). The molecule has 0 aliphatic carbocycles. The van der Waals surface area contributed by atoms with Crippen molar-refractivity contribution in [3.63, 3.8) is 0 Å². The quantitative estimate of drug-likeness (QED) is 0.893. The van der Waals surface area contributed by atoms with Crippen LogP contribution in [0.15, 0.2) is 26.6 Å². The third kappa shape index (κ3) is 2.46. The fourth-order valence-electron chi connectivity index (χ4n) is 1.88. The van der Waals surface area contributed by atoms with Gasteiger partial charge in [0.2, 0.25) is 15.5 Å². The van der Waals surface area contributed by atoms with Gasteiger partial charge in [0.25, 0.3) is 0 Å². The second-order valence-corrected chi connectivity index (χ2v) is 6.72. The molecule has 1 aromatic heterocycles. The molecule has 5 nitrogen and oxygen atoms in total. The Kier molecular flexibility index (Phi) is 3.70. The summed E-state index contributed by atoms with van der Waals surface area (Å²) in [5.74, 6) is 0. The summed E-state index contributed by atoms with van der Waals surface area (Å²) in [7, 11) is -3.66. The summed E-state index contributed by atoms with van der Waals surface area (Å²) in [6.07, 6.45) is 5.42. The summed E-state index contributed by atoms with van der Waals surface area (Å²) in [4.78, 5) is 14.3. The predicted molar refractivity (Wildman–Crippen MR) is 67.4 cm³/mol. The van der Waals surface area contributed by atoms with E-state index in [9.17, 15) is 13.2 Å². The van der Waals surface area contributed by atoms with Crippen LogP contribution in [-0.4, -0.2) is 30.8 Å². The third-order valence-electron chi connectivity index (χ3n) is 2.80. The van der Waals surface area contributed by atoms with E-state index in [1.807, 2.05) is 0 Å². The number of nitrogens with one attached hydrogen (secondary N) is 1. The number of piperidine rings is 1. The summed E-state index contributed by atoms with van der Waals surface area (Å²) in [6.45, 7) is 0.989. The summed E-state index contributed by atoms with van der Waals surface area (Å²) in [5.41, 5.74) is -0.491. The molecule has 0 unspecified atom stereocenters. The van der Waals surface area contributed by atoms with Gasteiger partial charge in [0.15, 0.2) is 0 Å². The molecule has 0 radical (unpaired) electrons. The van der Waals surface area contributed by atoms with Crippen molar-refractivity contribution in [3.8, 4) is 0 Å². The van der Waals surface area contributed by atoms with Crippen LogP contribution in [0.25, 0.3) is 0 Å². The largest absolute Gasteiger partial charge is 0.365 e. The first-order chi connectivity index (χ1) is 8.03. The zero-order valence-electron chi connectivity index (χ0n) is 9.15. The maximum Gasteiger partial charge on any atom is 0.248 e. The molecular weight excluding hydrogens is 308 g/mol. The van der Waals surface area contributed by atoms with E-state index in [0.29, 0.717) is 13.1 Å². The van der Waals surface area contributed by atoms with Crippen molar-refractivity contribution in [2.45, 2.75) is 24.2 Å². The molecule has 1 fully saturated rings. The van der Waals surface area contributed by atoms with Gasteiger partial charge < -0.3 is 4.98 Å². The summed E-state index contributed by atoms with van der Waals surface area (Å²) < 4.78 is 26.1. The molecule has 0 amide bonds. The van der Waals surface area contributed by atoms with Crippen molar-refractivity contribution in [1.29, 1.82) is 0 Å². The van der Waals surface area contributed by atoms with Crippen LogP contribution < -0.4 is 5.43 Å². The molecule has 17 heavy (non-hydrogen) atoms. The number of hydrogen-bond acceptors (Lipinski definition) is 3. The predicted octanol–water partition coefficient (Wildman–Crippen LogP) is 1.31. The van der Waals surface area contributed by atoms with Crippen LogP contribution in [-0.2, 0) is 10.0 Å². The van der Waals surface area contributed by atoms with Gasteiger partial charge in [0.05, 0.1) is 4.47 Å². The van der Waals surface area contributed by atoms with Crippen LogP contribution in [0.4, 0.5) is 0 Å². The van der Waals surface area contributed by atoms with Crippen molar-refractivity contribution in [2.24, 2.45) is 0 Å². The Morgan fingerprint density at radius 2 is 1.82 bits per heavy atom. The van der Waals surface area contributed by atoms with Crippen molar-refractivity contribution in [3.05, 3.63) is 27.1 Å². The van der Waals surface area contributed by atoms with Crippen molar-refractivity contribution in [1.82, 2.24) is 9.29 Å². The molecule has 1 aliphatic rings. The van der Waals surface area contributed by atoms with E-state index >= 15 is 0 Å². The molecule has 7 heteroatoms. The highest BCUT2D eigenvalue weighted by Crippen LogP contribution is 2.18. The lowest BCUT2D eigenvalue weighted by atomic mass is 10.2. The average Bonchev–Trinajstić information content (AvgIpc) is 2.33. The van der Waals surface area contributed by atoms with E-state index in [4.69, 9.17) is 0 Å². The van der Waals surface area contributed by atoms with Gasteiger partial charge in [0.1, 0.15) is 4.90 Å². The number of hydrogen-bond donors (Lipinski definition) is 1. The SMILES string of the molecule is O=c1c(Br)c[nH]cc1S(=O)(=O)N1CCCCC1. The molecule has 1 saturated heterocycles. The van der Waals surface area contributed by atoms with E-state index in [1.165, 1.54) is 16.7 Å². The van der Waals surface area contributed by atoms with Gasteiger partial charge in [-0.3, -0.25) is 4.79 Å². The Balaban J connectivity index is 2.44. The zero-order valence-corrected chi connectivity index (χ0v) is 11.6. The second-order valence-electron chi connectivity index (χ2n) is 3.96. The Bertz CT molecular complexity index is 561. The van der Waals surface area contributed by atoms with E-state index < -0.39 is 15.5 Å². The van der Waals surface area contributed by atoms with E-state index in [-0.39, 0.29) is 9.37 Å². The topological polar surface area (TPSA) is 70.2 Å². The highest BCUT2D eigenvalue weighted by atomic mass is 79.9. The lowest BCUT2D eigenvalue weighted by Gasteiger charge is -2.25. The zero-order chi connectivity index (χ0) is 12.5. The Labute approximate surface area is 108 Å². The molecular formula is C10H13BrN2O3S. The van der Waals surface area contributed by atoms with E-state index in [2.05, 4.69) is 20.9 Å². The van der Waals surface area contributed by atoms with Crippen molar-refractivity contribution >= 4 is 26.0 Å². The highest BCUT2D eigenvalue weighted by molar-refractivity contribution is 9.10. The Morgan fingerprint density at radius 3 is 2.47 bits per heavy atom. The molecule has 0 bridgehead atoms. The van der Waals surface area contributed by atoms with Crippen LogP contribution >= 0.6 is 15.9 Å². The van der Waals surface area contributed by atoms with Crippen LogP contribution in [0, 0.1) is 0 Å². The first-order valence-corrected chi connectivity index (χ1v) is 7.63. The monoisotopic (exact) mass is 320 g/mol. The highest BCUT2D eigenvalue weighted by Gasteiger charge is 2.28. The van der Waals surface area contributed by atoms with Gasteiger partial charge >= 0.3 is 0 Å². The second kappa shape index (κ2) is 4.91. The summed E-state index contributed by atoms with van der Waals surface area (Å²) in [6, 6.07) is 0. The van der Waals surface area contributed by atoms with Crippen LogP contribution in [0.1, 0.15) is 19.3 Å². The maximum atomic E-state index is 12.2. The van der Waals surface area contributed by atoms with Gasteiger partial charge in [-0.1, -0.05) is 6.42 Å². The average molecular weight is 321 g/mol. The van der Waals surface area contributed by atoms with Crippen molar-refractivity contribution < 1.29 is 8.42 Å². The molecule has 1 aliphatic heterocycles. The number of aromatic amines is 1. The van der Waals surface area contributed by atoms with Crippen LogP contribution in [0.2, 0.25) is 0 Å². The molecule has 0 aromatic carbocycles. The lowest BCUT2D eigenvalue weighted by Crippen LogP contribution is -2.37. The normalized spacial score (nSPS) is 18.2. The molecule has 94 valence electrons. The maximum absolute atomic E-state index is 12.2. The third-order valence-corrected chi connectivity index (χ3v) is 5.29. The van der Waals surface area contributed by atoms with Gasteiger partial charge in [-0.2, -0.15) is 4.31 Å². The molecule has 0 spiro atoms. The van der Waals surface area contributed by atoms with Crippen LogP contribution in [0.5, 0.6) is 0 Å². The number of sulfonamides is 1. The lowest BCUT2D eigenvalue weighted by molar-refractivity contribution is 0.346. The van der Waals surface area contributed by atoms with E-state index in [1.54, 1.807) is 0 Å². The van der Waals surface area contributed by atoms with Gasteiger partial charge in [0, 0.05) is 25.5 Å². The van der Waals surface area contributed by atoms with E-state index in [0.717, 1.165) is 19.3 Å². The molecule has 2 rings (SSSR count). The minimum atomic E-state index is -3.66. The number of pyridine rings is 1. The molecule has 0 atom stereocenters. The number of nitrogens with zero attached hydrogens (tertiary/aromatic N) is 1. The minimum Gasteiger partial charge on any atom is -0.365 e. The number of rotatable bonds is 2. The molecule has 1 aromatic rings. The fourth-order valence-corrected chi connectivity index (χ4v) is 3.93. The fraction of sp³-hybridized carbons (Fsp3) is 0.500. The summed E-state index contributed by atoms with van der Waals surface area (Å²) in [5, 5.41) is 0. The number of aromatic nitrogens is 1. The van der Waals surface area contributed by atoms with Crippen molar-refractivity contribution in [2.75, 3.05) is 13.1 Å². The van der Waals surface area contributed by atoms with Crippen LogP contribution in [0.3, 0.4) is 0 Å². The Morgan fingerprint density at radius 1 is 1.18 bits per heavy atom. The first-order valence-electron chi connectivity index (χ1n) is 5.40. The number of halogens is 1. The minimum absolute atomic E-state index is 0.186. The van der Waals surface area contributed by atoms with Gasteiger partial charge in [-0.25, -0.2) is 8.42 Å². The Hall–Kier alpha value is -0.660. The number of H-pyrrole nitrogens is 1. The van der Waals surface area contributed by atoms with Gasteiger partial charge in [-0.05, 0) is 28.8 Å². The first kappa shape index (κ1) is 12.8. The molecule has 1 N–H and O–H groups in total. The smallest absolute Gasteiger partial charge is 0.248 e.